The van der Waals surface area contributed by atoms with Crippen LogP contribution in [0.4, 0.5) is 0 Å². The molecule has 0 bridgehead atoms. The fraction of sp³-hybridized carbons (Fsp3) is 0.636. The highest BCUT2D eigenvalue weighted by atomic mass is 32.2. The zero-order chi connectivity index (χ0) is 12.1. The summed E-state index contributed by atoms with van der Waals surface area (Å²) in [5, 5.41) is 3.92. The summed E-state index contributed by atoms with van der Waals surface area (Å²) in [4.78, 5) is 15.5. The number of ether oxygens (including phenoxy) is 1. The molecule has 1 aliphatic rings. The first-order valence-corrected chi connectivity index (χ1v) is 6.64. The summed E-state index contributed by atoms with van der Waals surface area (Å²) >= 11 is 1.51. The Kier molecular flexibility index (Phi) is 4.44. The van der Waals surface area contributed by atoms with Crippen LogP contribution >= 0.6 is 11.8 Å². The first kappa shape index (κ1) is 12.4. The van der Waals surface area contributed by atoms with Gasteiger partial charge in [0.1, 0.15) is 12.3 Å². The van der Waals surface area contributed by atoms with E-state index in [1.54, 1.807) is 12.5 Å². The molecular formula is C11H16N2O3S. The zero-order valence-electron chi connectivity index (χ0n) is 9.72. The van der Waals surface area contributed by atoms with E-state index in [0.717, 1.165) is 25.0 Å². The second-order valence-electron chi connectivity index (χ2n) is 3.95. The van der Waals surface area contributed by atoms with E-state index < -0.39 is 0 Å². The molecule has 1 aromatic heterocycles. The van der Waals surface area contributed by atoms with Crippen LogP contribution in [0, 0.1) is 0 Å². The number of thioether (sulfide) groups is 1. The van der Waals surface area contributed by atoms with Gasteiger partial charge in [-0.2, -0.15) is 0 Å². The van der Waals surface area contributed by atoms with Crippen LogP contribution in [-0.2, 0) is 9.53 Å². The molecule has 0 radical (unpaired) electrons. The molecule has 5 nitrogen and oxygen atoms in total. The number of hydrogen-bond donors (Lipinski definition) is 1. The normalized spacial score (nSPS) is 16.8. The lowest BCUT2D eigenvalue weighted by molar-refractivity contribution is -0.143. The third kappa shape index (κ3) is 4.05. The average Bonchev–Trinajstić information content (AvgIpc) is 3.01. The van der Waals surface area contributed by atoms with Gasteiger partial charge in [0.15, 0.2) is 0 Å². The lowest BCUT2D eigenvalue weighted by Crippen LogP contribution is -2.39. The highest BCUT2D eigenvalue weighted by Gasteiger charge is 2.28. The fourth-order valence-corrected chi connectivity index (χ4v) is 2.28. The van der Waals surface area contributed by atoms with Crippen molar-refractivity contribution in [2.24, 2.45) is 0 Å². The van der Waals surface area contributed by atoms with Gasteiger partial charge in [0.05, 0.1) is 13.3 Å². The minimum absolute atomic E-state index is 0.190. The Morgan fingerprint density at radius 1 is 1.76 bits per heavy atom. The Morgan fingerprint density at radius 2 is 2.59 bits per heavy atom. The number of carbonyl (C=O) groups is 1. The number of hydrogen-bond acceptors (Lipinski definition) is 6. The molecule has 1 fully saturated rings. The van der Waals surface area contributed by atoms with Crippen LogP contribution in [-0.4, -0.2) is 35.9 Å². The number of aromatic nitrogens is 1. The summed E-state index contributed by atoms with van der Waals surface area (Å²) < 4.78 is 9.89. The molecule has 6 heteroatoms. The average molecular weight is 256 g/mol. The molecule has 0 spiro atoms. The molecule has 17 heavy (non-hydrogen) atoms. The highest BCUT2D eigenvalue weighted by Crippen LogP contribution is 2.22. The van der Waals surface area contributed by atoms with Crippen molar-refractivity contribution in [2.45, 2.75) is 36.6 Å². The third-order valence-electron chi connectivity index (χ3n) is 2.54. The molecule has 1 aromatic rings. The minimum Gasteiger partial charge on any atom is -0.468 e. The van der Waals surface area contributed by atoms with Gasteiger partial charge in [-0.3, -0.25) is 4.79 Å². The topological polar surface area (TPSA) is 64.4 Å². The molecule has 1 N–H and O–H groups in total. The standard InChI is InChI=1S/C11H16N2O3S/c1-15-10(14)9(13-8-2-3-8)4-7-17-11-12-5-6-16-11/h5-6,8-9,13H,2-4,7H2,1H3. The maximum atomic E-state index is 11.5. The van der Waals surface area contributed by atoms with Crippen LogP contribution in [0.3, 0.4) is 0 Å². The van der Waals surface area contributed by atoms with Gasteiger partial charge in [-0.05, 0) is 19.3 Å². The molecular weight excluding hydrogens is 240 g/mol. The van der Waals surface area contributed by atoms with Crippen LogP contribution in [0.15, 0.2) is 22.1 Å². The Morgan fingerprint density at radius 3 is 3.18 bits per heavy atom. The van der Waals surface area contributed by atoms with E-state index in [9.17, 15) is 4.79 Å². The number of rotatable bonds is 7. The maximum Gasteiger partial charge on any atom is 0.322 e. The molecule has 94 valence electrons. The van der Waals surface area contributed by atoms with Gasteiger partial charge in [-0.1, -0.05) is 11.8 Å². The van der Waals surface area contributed by atoms with E-state index in [4.69, 9.17) is 9.15 Å². The van der Waals surface area contributed by atoms with Crippen molar-refractivity contribution in [3.05, 3.63) is 12.5 Å². The molecule has 0 saturated heterocycles. The number of nitrogens with zero attached hydrogens (tertiary/aromatic N) is 1. The van der Waals surface area contributed by atoms with Crippen molar-refractivity contribution in [1.82, 2.24) is 10.3 Å². The summed E-state index contributed by atoms with van der Waals surface area (Å²) in [5.74, 6) is 0.588. The van der Waals surface area contributed by atoms with E-state index in [2.05, 4.69) is 10.3 Å². The van der Waals surface area contributed by atoms with Gasteiger partial charge in [0.25, 0.3) is 5.22 Å². The molecule has 1 heterocycles. The smallest absolute Gasteiger partial charge is 0.322 e. The molecule has 1 aliphatic carbocycles. The van der Waals surface area contributed by atoms with Crippen LogP contribution in [0.2, 0.25) is 0 Å². The van der Waals surface area contributed by atoms with Crippen molar-refractivity contribution in [3.63, 3.8) is 0 Å². The molecule has 0 aromatic carbocycles. The van der Waals surface area contributed by atoms with Gasteiger partial charge >= 0.3 is 5.97 Å². The Labute approximate surface area is 104 Å². The van der Waals surface area contributed by atoms with Gasteiger partial charge in [-0.15, -0.1) is 0 Å². The van der Waals surface area contributed by atoms with E-state index in [1.165, 1.54) is 18.9 Å². The third-order valence-corrected chi connectivity index (χ3v) is 3.43. The Balaban J connectivity index is 1.74. The van der Waals surface area contributed by atoms with Crippen molar-refractivity contribution in [3.8, 4) is 0 Å². The number of nitrogens with one attached hydrogen (secondary N) is 1. The van der Waals surface area contributed by atoms with Crippen LogP contribution in [0.5, 0.6) is 0 Å². The number of carbonyl (C=O) groups excluding carboxylic acids is 1. The van der Waals surface area contributed by atoms with Gasteiger partial charge in [0.2, 0.25) is 0 Å². The molecule has 1 unspecified atom stereocenters. The van der Waals surface area contributed by atoms with E-state index >= 15 is 0 Å². The van der Waals surface area contributed by atoms with Crippen molar-refractivity contribution >= 4 is 17.7 Å². The summed E-state index contributed by atoms with van der Waals surface area (Å²) in [6.45, 7) is 0. The highest BCUT2D eigenvalue weighted by molar-refractivity contribution is 7.99. The number of methoxy groups -OCH3 is 1. The van der Waals surface area contributed by atoms with Crippen molar-refractivity contribution in [1.29, 1.82) is 0 Å². The lowest BCUT2D eigenvalue weighted by atomic mass is 10.2. The van der Waals surface area contributed by atoms with Crippen LogP contribution in [0.25, 0.3) is 0 Å². The summed E-state index contributed by atoms with van der Waals surface area (Å²) in [6, 6.07) is 0.279. The van der Waals surface area contributed by atoms with E-state index in [-0.39, 0.29) is 12.0 Å². The van der Waals surface area contributed by atoms with Gasteiger partial charge in [-0.25, -0.2) is 4.98 Å². The zero-order valence-corrected chi connectivity index (χ0v) is 10.5. The molecule has 0 amide bonds. The first-order chi connectivity index (χ1) is 8.29. The predicted octanol–water partition coefficient (Wildman–Crippen LogP) is 1.45. The largest absolute Gasteiger partial charge is 0.468 e. The summed E-state index contributed by atoms with van der Waals surface area (Å²) in [6.07, 6.45) is 6.18. The Hall–Kier alpha value is -1.01. The van der Waals surface area contributed by atoms with Gasteiger partial charge < -0.3 is 14.5 Å². The van der Waals surface area contributed by atoms with E-state index in [1.807, 2.05) is 0 Å². The number of oxazole rings is 1. The lowest BCUT2D eigenvalue weighted by Gasteiger charge is -2.15. The van der Waals surface area contributed by atoms with Crippen molar-refractivity contribution < 1.29 is 13.9 Å². The fourth-order valence-electron chi connectivity index (χ4n) is 1.49. The second kappa shape index (κ2) is 6.07. The van der Waals surface area contributed by atoms with E-state index in [0.29, 0.717) is 11.3 Å². The summed E-state index contributed by atoms with van der Waals surface area (Å²) in [7, 11) is 1.42. The molecule has 2 rings (SSSR count). The van der Waals surface area contributed by atoms with Crippen LogP contribution < -0.4 is 5.32 Å². The maximum absolute atomic E-state index is 11.5. The van der Waals surface area contributed by atoms with Gasteiger partial charge in [0, 0.05) is 11.8 Å². The second-order valence-corrected chi connectivity index (χ2v) is 5.00. The predicted molar refractivity (Wildman–Crippen MR) is 63.8 cm³/mol. The number of esters is 1. The molecule has 1 saturated carbocycles. The molecule has 1 atom stereocenters. The quantitative estimate of drug-likeness (QED) is 0.588. The van der Waals surface area contributed by atoms with Crippen LogP contribution in [0.1, 0.15) is 19.3 Å². The van der Waals surface area contributed by atoms with Crippen molar-refractivity contribution in [2.75, 3.05) is 12.9 Å². The minimum atomic E-state index is -0.213. The summed E-state index contributed by atoms with van der Waals surface area (Å²) in [5.41, 5.74) is 0. The molecule has 0 aliphatic heterocycles. The SMILES string of the molecule is COC(=O)C(CCSc1ncco1)NC1CC1. The monoisotopic (exact) mass is 256 g/mol. The first-order valence-electron chi connectivity index (χ1n) is 5.66. The Bertz CT molecular complexity index is 352.